The van der Waals surface area contributed by atoms with E-state index >= 15 is 0 Å². The van der Waals surface area contributed by atoms with Gasteiger partial charge in [0.25, 0.3) is 0 Å². The lowest BCUT2D eigenvalue weighted by molar-refractivity contribution is 0.305. The van der Waals surface area contributed by atoms with Crippen molar-refractivity contribution in [3.63, 3.8) is 0 Å². The number of nitrogens with zero attached hydrogens (tertiary/aromatic N) is 1. The molecule has 1 unspecified atom stereocenters. The molecular weight excluding hydrogens is 404 g/mol. The Morgan fingerprint density at radius 2 is 1.78 bits per heavy atom. The van der Waals surface area contributed by atoms with Gasteiger partial charge in [0.1, 0.15) is 29.6 Å². The topological polar surface area (TPSA) is 98.5 Å². The van der Waals surface area contributed by atoms with E-state index < -0.39 is 5.92 Å². The van der Waals surface area contributed by atoms with E-state index in [1.54, 1.807) is 24.3 Å². The van der Waals surface area contributed by atoms with Crippen molar-refractivity contribution in [1.82, 2.24) is 0 Å². The Hall–Kier alpha value is -4.50. The van der Waals surface area contributed by atoms with Crippen molar-refractivity contribution in [1.29, 1.82) is 5.26 Å². The Kier molecular flexibility index (Phi) is 4.85. The number of rotatable bonds is 4. The second-order valence-corrected chi connectivity index (χ2v) is 7.39. The van der Waals surface area contributed by atoms with Crippen molar-refractivity contribution in [2.45, 2.75) is 12.5 Å². The number of ether oxygens (including phenoxy) is 2. The van der Waals surface area contributed by atoms with Crippen molar-refractivity contribution in [3.8, 4) is 17.6 Å². The number of hydrogen-bond donors (Lipinski definition) is 1. The Morgan fingerprint density at radius 3 is 2.59 bits per heavy atom. The molecule has 32 heavy (non-hydrogen) atoms. The second kappa shape index (κ2) is 7.97. The summed E-state index contributed by atoms with van der Waals surface area (Å²) in [6, 6.07) is 26.2. The van der Waals surface area contributed by atoms with E-state index in [1.165, 1.54) is 0 Å². The predicted octanol–water partition coefficient (Wildman–Crippen LogP) is 4.59. The van der Waals surface area contributed by atoms with Crippen LogP contribution in [0.2, 0.25) is 0 Å². The highest BCUT2D eigenvalue weighted by molar-refractivity contribution is 5.78. The number of allylic oxidation sites excluding steroid dienone is 1. The predicted molar refractivity (Wildman–Crippen MR) is 119 cm³/mol. The quantitative estimate of drug-likeness (QED) is 0.516. The highest BCUT2D eigenvalue weighted by Gasteiger charge is 2.35. The summed E-state index contributed by atoms with van der Waals surface area (Å²) in [5, 5.41) is 10.2. The van der Waals surface area contributed by atoms with Gasteiger partial charge in [-0.05, 0) is 35.4 Å². The van der Waals surface area contributed by atoms with Gasteiger partial charge in [0, 0.05) is 0 Å². The molecule has 1 aliphatic rings. The first-order chi connectivity index (χ1) is 15.7. The fourth-order valence-electron chi connectivity index (χ4n) is 3.83. The van der Waals surface area contributed by atoms with Gasteiger partial charge in [-0.1, -0.05) is 54.6 Å². The fourth-order valence-corrected chi connectivity index (χ4v) is 3.83. The average Bonchev–Trinajstić information content (AvgIpc) is 2.83. The number of nitrogens with two attached hydrogens (primary N) is 1. The molecule has 0 radical (unpaired) electrons. The summed E-state index contributed by atoms with van der Waals surface area (Å²) in [4.78, 5) is 13.0. The standard InChI is InChI=1S/C26H18N2O4/c27-14-20-22(17-9-6-10-18(13-17)30-15-16-7-2-1-3-8-16)24-25(32-26(20)28)23(29)19-11-4-5-12-21(19)31-24/h1-13,22H,15,28H2. The van der Waals surface area contributed by atoms with Gasteiger partial charge in [-0.3, -0.25) is 4.79 Å². The van der Waals surface area contributed by atoms with Gasteiger partial charge in [-0.2, -0.15) is 5.26 Å². The third-order valence-corrected chi connectivity index (χ3v) is 5.37. The zero-order valence-electron chi connectivity index (χ0n) is 16.9. The minimum absolute atomic E-state index is 0.000747. The first kappa shape index (κ1) is 19.5. The summed E-state index contributed by atoms with van der Waals surface area (Å²) in [6.07, 6.45) is 0. The first-order valence-corrected chi connectivity index (χ1v) is 10.1. The number of hydrogen-bond acceptors (Lipinski definition) is 6. The van der Waals surface area contributed by atoms with Crippen molar-refractivity contribution >= 4 is 11.0 Å². The molecular formula is C26H18N2O4. The number of benzene rings is 3. The maximum absolute atomic E-state index is 13.0. The van der Waals surface area contributed by atoms with Crippen LogP contribution in [-0.4, -0.2) is 0 Å². The average molecular weight is 422 g/mol. The van der Waals surface area contributed by atoms with E-state index in [4.69, 9.17) is 19.6 Å². The van der Waals surface area contributed by atoms with Crippen molar-refractivity contribution in [3.05, 3.63) is 117 Å². The number of fused-ring (bicyclic) bond motifs is 2. The van der Waals surface area contributed by atoms with Crippen LogP contribution in [0.25, 0.3) is 11.0 Å². The second-order valence-electron chi connectivity index (χ2n) is 7.39. The van der Waals surface area contributed by atoms with E-state index in [9.17, 15) is 10.1 Å². The van der Waals surface area contributed by atoms with E-state index in [1.807, 2.05) is 54.6 Å². The van der Waals surface area contributed by atoms with E-state index in [0.29, 0.717) is 28.9 Å². The van der Waals surface area contributed by atoms with Crippen LogP contribution in [0.3, 0.4) is 0 Å². The molecule has 0 fully saturated rings. The van der Waals surface area contributed by atoms with Gasteiger partial charge in [-0.25, -0.2) is 0 Å². The minimum atomic E-state index is -0.693. The summed E-state index contributed by atoms with van der Waals surface area (Å²) in [5.74, 6) is 0.0726. The van der Waals surface area contributed by atoms with Crippen LogP contribution in [0.1, 0.15) is 22.8 Å². The lowest BCUT2D eigenvalue weighted by atomic mass is 9.87. The van der Waals surface area contributed by atoms with Gasteiger partial charge < -0.3 is 19.6 Å². The smallest absolute Gasteiger partial charge is 0.235 e. The SMILES string of the molecule is N#CC1=C(N)Oc2c(oc3ccccc3c2=O)C1c1cccc(OCc2ccccc2)c1. The Balaban J connectivity index is 1.60. The first-order valence-electron chi connectivity index (χ1n) is 10.1. The molecule has 1 aromatic heterocycles. The molecule has 5 rings (SSSR count). The van der Waals surface area contributed by atoms with Crippen molar-refractivity contribution < 1.29 is 13.9 Å². The molecule has 6 heteroatoms. The molecule has 0 spiro atoms. The Bertz CT molecular complexity index is 1450. The molecule has 4 aromatic rings. The summed E-state index contributed by atoms with van der Waals surface area (Å²) in [6.45, 7) is 0.400. The van der Waals surface area contributed by atoms with Crippen LogP contribution in [-0.2, 0) is 6.61 Å². The largest absolute Gasteiger partial charge is 0.489 e. The molecule has 2 N–H and O–H groups in total. The lowest BCUT2D eigenvalue weighted by Gasteiger charge is -2.25. The molecule has 6 nitrogen and oxygen atoms in total. The van der Waals surface area contributed by atoms with Crippen LogP contribution in [0.4, 0.5) is 0 Å². The summed E-state index contributed by atoms with van der Waals surface area (Å²) < 4.78 is 17.6. The van der Waals surface area contributed by atoms with E-state index in [2.05, 4.69) is 6.07 Å². The Labute approximate surface area is 183 Å². The minimum Gasteiger partial charge on any atom is -0.489 e. The Morgan fingerprint density at radius 1 is 1.00 bits per heavy atom. The molecule has 156 valence electrons. The fraction of sp³-hybridized carbons (Fsp3) is 0.0769. The molecule has 0 saturated heterocycles. The molecule has 3 aromatic carbocycles. The highest BCUT2D eigenvalue weighted by Crippen LogP contribution is 2.42. The van der Waals surface area contributed by atoms with Gasteiger partial charge in [0.2, 0.25) is 17.1 Å². The van der Waals surface area contributed by atoms with Crippen LogP contribution in [0, 0.1) is 11.3 Å². The summed E-state index contributed by atoms with van der Waals surface area (Å²) >= 11 is 0. The maximum Gasteiger partial charge on any atom is 0.235 e. The molecule has 0 amide bonds. The van der Waals surface area contributed by atoms with Gasteiger partial charge in [0.05, 0.1) is 11.3 Å². The van der Waals surface area contributed by atoms with Crippen LogP contribution in [0.15, 0.2) is 99.5 Å². The summed E-state index contributed by atoms with van der Waals surface area (Å²) in [7, 11) is 0. The summed E-state index contributed by atoms with van der Waals surface area (Å²) in [5.41, 5.74) is 8.05. The van der Waals surface area contributed by atoms with E-state index in [0.717, 1.165) is 5.56 Å². The van der Waals surface area contributed by atoms with Gasteiger partial charge in [-0.15, -0.1) is 0 Å². The van der Waals surface area contributed by atoms with Gasteiger partial charge >= 0.3 is 0 Å². The zero-order valence-corrected chi connectivity index (χ0v) is 16.9. The molecule has 2 heterocycles. The van der Waals surface area contributed by atoms with Crippen LogP contribution >= 0.6 is 0 Å². The van der Waals surface area contributed by atoms with Crippen LogP contribution < -0.4 is 20.6 Å². The van der Waals surface area contributed by atoms with Crippen molar-refractivity contribution in [2.24, 2.45) is 5.73 Å². The normalized spacial score (nSPS) is 15.0. The lowest BCUT2D eigenvalue weighted by Crippen LogP contribution is -2.25. The monoisotopic (exact) mass is 422 g/mol. The van der Waals surface area contributed by atoms with Crippen molar-refractivity contribution in [2.75, 3.05) is 0 Å². The van der Waals surface area contributed by atoms with Gasteiger partial charge in [0.15, 0.2) is 5.76 Å². The van der Waals surface area contributed by atoms with Crippen LogP contribution in [0.5, 0.6) is 11.5 Å². The molecule has 1 aliphatic heterocycles. The molecule has 0 aliphatic carbocycles. The zero-order chi connectivity index (χ0) is 22.1. The molecule has 0 saturated carbocycles. The molecule has 1 atom stereocenters. The number of para-hydroxylation sites is 1. The third-order valence-electron chi connectivity index (χ3n) is 5.37. The maximum atomic E-state index is 13.0. The van der Waals surface area contributed by atoms with E-state index in [-0.39, 0.29) is 28.4 Å². The number of nitriles is 1. The third kappa shape index (κ3) is 3.36. The highest BCUT2D eigenvalue weighted by atomic mass is 16.5. The molecule has 0 bridgehead atoms.